The summed E-state index contributed by atoms with van der Waals surface area (Å²) in [5, 5.41) is 6.73. The number of rotatable bonds is 8. The second kappa shape index (κ2) is 8.89. The molecule has 2 aromatic rings. The Balaban J connectivity index is 1.93. The molecule has 0 radical (unpaired) electrons. The molecular formula is C19H26F2N4O. The van der Waals surface area contributed by atoms with E-state index in [1.165, 1.54) is 6.07 Å². The minimum Gasteiger partial charge on any atom is -0.350 e. The predicted octanol–water partition coefficient (Wildman–Crippen LogP) is 3.29. The van der Waals surface area contributed by atoms with Crippen LogP contribution in [0.4, 0.5) is 8.78 Å². The third kappa shape index (κ3) is 5.62. The first-order valence-corrected chi connectivity index (χ1v) is 8.63. The monoisotopic (exact) mass is 364 g/mol. The lowest BCUT2D eigenvalue weighted by atomic mass is 10.1. The molecule has 1 aromatic heterocycles. The molecule has 7 heteroatoms. The van der Waals surface area contributed by atoms with Crippen molar-refractivity contribution in [3.05, 3.63) is 52.8 Å². The van der Waals surface area contributed by atoms with Gasteiger partial charge < -0.3 is 5.32 Å². The molecule has 5 nitrogen and oxygen atoms in total. The highest BCUT2D eigenvalue weighted by atomic mass is 19.3. The lowest BCUT2D eigenvalue weighted by Crippen LogP contribution is -2.28. The first-order chi connectivity index (χ1) is 12.3. The van der Waals surface area contributed by atoms with E-state index in [0.29, 0.717) is 18.3 Å². The van der Waals surface area contributed by atoms with Gasteiger partial charge in [-0.05, 0) is 45.0 Å². The standard InChI is InChI=1S/C19H26F2N4O/c1-13(2)24(4)11-16-7-5-6-15(9-16)10-22-18(26)12-25-17(19(20)21)8-14(3)23-25/h5-9,13,19H,10-12H2,1-4H3,(H,22,26). The SMILES string of the molecule is Cc1cc(C(F)F)n(CC(=O)NCc2cccc(CN(C)C(C)C)c2)n1. The fourth-order valence-corrected chi connectivity index (χ4v) is 2.57. The highest BCUT2D eigenvalue weighted by molar-refractivity contribution is 5.75. The van der Waals surface area contributed by atoms with Crippen LogP contribution in [0.15, 0.2) is 30.3 Å². The molecule has 0 fully saturated rings. The number of aromatic nitrogens is 2. The van der Waals surface area contributed by atoms with Crippen molar-refractivity contribution < 1.29 is 13.6 Å². The Morgan fingerprint density at radius 1 is 1.27 bits per heavy atom. The lowest BCUT2D eigenvalue weighted by molar-refractivity contribution is -0.122. The zero-order valence-electron chi connectivity index (χ0n) is 15.7. The van der Waals surface area contributed by atoms with E-state index in [1.54, 1.807) is 6.92 Å². The van der Waals surface area contributed by atoms with Crippen LogP contribution in [0.5, 0.6) is 0 Å². The third-order valence-corrected chi connectivity index (χ3v) is 4.24. The number of amides is 1. The zero-order valence-corrected chi connectivity index (χ0v) is 15.7. The van der Waals surface area contributed by atoms with Gasteiger partial charge in [0.15, 0.2) is 0 Å². The number of nitrogens with one attached hydrogen (secondary N) is 1. The Labute approximate surface area is 153 Å². The number of benzene rings is 1. The Morgan fingerprint density at radius 2 is 1.96 bits per heavy atom. The summed E-state index contributed by atoms with van der Waals surface area (Å²) in [6.45, 7) is 6.85. The zero-order chi connectivity index (χ0) is 19.3. The van der Waals surface area contributed by atoms with Gasteiger partial charge in [-0.3, -0.25) is 14.4 Å². The van der Waals surface area contributed by atoms with E-state index >= 15 is 0 Å². The minimum absolute atomic E-state index is 0.219. The molecule has 0 saturated heterocycles. The predicted molar refractivity (Wildman–Crippen MR) is 96.8 cm³/mol. The Hall–Kier alpha value is -2.28. The Kier molecular flexibility index (Phi) is 6.85. The molecule has 0 aliphatic carbocycles. The molecule has 1 N–H and O–H groups in total. The van der Waals surface area contributed by atoms with Gasteiger partial charge in [-0.2, -0.15) is 5.10 Å². The molecule has 1 aromatic carbocycles. The van der Waals surface area contributed by atoms with Crippen LogP contribution in [-0.4, -0.2) is 33.7 Å². The van der Waals surface area contributed by atoms with Gasteiger partial charge in [0, 0.05) is 19.1 Å². The number of aryl methyl sites for hydroxylation is 1. The minimum atomic E-state index is -2.65. The summed E-state index contributed by atoms with van der Waals surface area (Å²) >= 11 is 0. The van der Waals surface area contributed by atoms with Crippen molar-refractivity contribution in [2.24, 2.45) is 0 Å². The largest absolute Gasteiger partial charge is 0.350 e. The van der Waals surface area contributed by atoms with Gasteiger partial charge >= 0.3 is 0 Å². The van der Waals surface area contributed by atoms with Crippen molar-refractivity contribution in [3.8, 4) is 0 Å². The fraction of sp³-hybridized carbons (Fsp3) is 0.474. The topological polar surface area (TPSA) is 50.2 Å². The number of nitrogens with zero attached hydrogens (tertiary/aromatic N) is 3. The number of hydrogen-bond acceptors (Lipinski definition) is 3. The molecule has 0 spiro atoms. The van der Waals surface area contributed by atoms with Gasteiger partial charge in [0.05, 0.1) is 5.69 Å². The molecule has 26 heavy (non-hydrogen) atoms. The van der Waals surface area contributed by atoms with Gasteiger partial charge in [0.25, 0.3) is 6.43 Å². The number of alkyl halides is 2. The summed E-state index contributed by atoms with van der Waals surface area (Å²) in [6.07, 6.45) is -2.65. The number of halogens is 2. The maximum absolute atomic E-state index is 13.0. The van der Waals surface area contributed by atoms with Crippen LogP contribution in [0.25, 0.3) is 0 Å². The van der Waals surface area contributed by atoms with E-state index < -0.39 is 6.43 Å². The molecular weight excluding hydrogens is 338 g/mol. The smallest absolute Gasteiger partial charge is 0.280 e. The van der Waals surface area contributed by atoms with Gasteiger partial charge in [-0.15, -0.1) is 0 Å². The van der Waals surface area contributed by atoms with Crippen LogP contribution in [0.2, 0.25) is 0 Å². The Morgan fingerprint density at radius 3 is 2.62 bits per heavy atom. The third-order valence-electron chi connectivity index (χ3n) is 4.24. The average molecular weight is 364 g/mol. The molecule has 0 atom stereocenters. The van der Waals surface area contributed by atoms with Gasteiger partial charge in [0.2, 0.25) is 5.91 Å². The summed E-state index contributed by atoms with van der Waals surface area (Å²) in [6, 6.07) is 9.72. The van der Waals surface area contributed by atoms with E-state index in [4.69, 9.17) is 0 Å². The maximum Gasteiger partial charge on any atom is 0.280 e. The van der Waals surface area contributed by atoms with Gasteiger partial charge in [-0.1, -0.05) is 24.3 Å². The van der Waals surface area contributed by atoms with Gasteiger partial charge in [0.1, 0.15) is 12.2 Å². The molecule has 142 valence electrons. The van der Waals surface area contributed by atoms with Crippen molar-refractivity contribution in [2.75, 3.05) is 7.05 Å². The van der Waals surface area contributed by atoms with E-state index in [9.17, 15) is 13.6 Å². The van der Waals surface area contributed by atoms with Crippen LogP contribution in [0.3, 0.4) is 0 Å². The number of carbonyl (C=O) groups excluding carboxylic acids is 1. The molecule has 0 unspecified atom stereocenters. The molecule has 2 rings (SSSR count). The van der Waals surface area contributed by atoms with Crippen LogP contribution in [0.1, 0.15) is 42.8 Å². The van der Waals surface area contributed by atoms with Crippen LogP contribution in [-0.2, 0) is 24.4 Å². The quantitative estimate of drug-likeness (QED) is 0.782. The first kappa shape index (κ1) is 20.0. The molecule has 1 heterocycles. The average Bonchev–Trinajstić information content (AvgIpc) is 2.94. The summed E-state index contributed by atoms with van der Waals surface area (Å²) in [7, 11) is 2.06. The highest BCUT2D eigenvalue weighted by Crippen LogP contribution is 2.19. The maximum atomic E-state index is 13.0. The number of carbonyl (C=O) groups is 1. The van der Waals surface area contributed by atoms with Crippen molar-refractivity contribution >= 4 is 5.91 Å². The van der Waals surface area contributed by atoms with Gasteiger partial charge in [-0.25, -0.2) is 8.78 Å². The molecule has 0 aliphatic rings. The summed E-state index contributed by atoms with van der Waals surface area (Å²) in [4.78, 5) is 14.3. The summed E-state index contributed by atoms with van der Waals surface area (Å²) in [5.41, 5.74) is 2.36. The molecule has 1 amide bonds. The van der Waals surface area contributed by atoms with Crippen LogP contribution in [0, 0.1) is 6.92 Å². The Bertz CT molecular complexity index is 743. The fourth-order valence-electron chi connectivity index (χ4n) is 2.57. The lowest BCUT2D eigenvalue weighted by Gasteiger charge is -2.21. The van der Waals surface area contributed by atoms with E-state index in [0.717, 1.165) is 22.4 Å². The summed E-state index contributed by atoms with van der Waals surface area (Å²) in [5.74, 6) is -0.347. The first-order valence-electron chi connectivity index (χ1n) is 8.63. The van der Waals surface area contributed by atoms with Crippen molar-refractivity contribution in [1.29, 1.82) is 0 Å². The van der Waals surface area contributed by atoms with Crippen molar-refractivity contribution in [1.82, 2.24) is 20.0 Å². The van der Waals surface area contributed by atoms with E-state index in [1.807, 2.05) is 24.3 Å². The van der Waals surface area contributed by atoms with E-state index in [2.05, 4.69) is 36.2 Å². The van der Waals surface area contributed by atoms with Crippen molar-refractivity contribution in [2.45, 2.75) is 52.9 Å². The molecule has 0 saturated carbocycles. The highest BCUT2D eigenvalue weighted by Gasteiger charge is 2.17. The summed E-state index contributed by atoms with van der Waals surface area (Å²) < 4.78 is 27.0. The molecule has 0 bridgehead atoms. The normalized spacial score (nSPS) is 11.6. The molecule has 0 aliphatic heterocycles. The van der Waals surface area contributed by atoms with Crippen LogP contribution < -0.4 is 5.32 Å². The van der Waals surface area contributed by atoms with Crippen LogP contribution >= 0.6 is 0 Å². The van der Waals surface area contributed by atoms with Crippen molar-refractivity contribution in [3.63, 3.8) is 0 Å². The number of hydrogen-bond donors (Lipinski definition) is 1. The second-order valence-electron chi connectivity index (χ2n) is 6.77. The second-order valence-corrected chi connectivity index (χ2v) is 6.77. The van der Waals surface area contributed by atoms with E-state index in [-0.39, 0.29) is 18.1 Å².